The second kappa shape index (κ2) is 22.8. The number of cyclic esters (lactones) is 1. The number of ether oxygens (including phenoxy) is 9. The van der Waals surface area contributed by atoms with Gasteiger partial charge in [-0.2, -0.15) is 0 Å². The van der Waals surface area contributed by atoms with E-state index in [1.165, 1.54) is 20.3 Å². The van der Waals surface area contributed by atoms with Crippen molar-refractivity contribution in [1.82, 2.24) is 4.90 Å². The summed E-state index contributed by atoms with van der Waals surface area (Å²) >= 11 is 0. The zero-order valence-corrected chi connectivity index (χ0v) is 41.0. The number of aliphatic hydroxyl groups is 1. The van der Waals surface area contributed by atoms with Crippen LogP contribution in [-0.2, 0) is 52.2 Å². The van der Waals surface area contributed by atoms with Crippen LogP contribution in [0.5, 0.6) is 0 Å². The summed E-state index contributed by atoms with van der Waals surface area (Å²) in [6.45, 7) is 16.1. The van der Waals surface area contributed by atoms with Crippen LogP contribution in [0.4, 0.5) is 0 Å². The highest BCUT2D eigenvalue weighted by Gasteiger charge is 2.54. The fraction of sp³-hybridized carbons (Fsp3) is 0.647. The molecule has 0 radical (unpaired) electrons. The molecular formula is C51H73NO14. The molecule has 15 nitrogen and oxygen atoms in total. The first kappa shape index (κ1) is 52.9. The molecule has 0 spiro atoms. The van der Waals surface area contributed by atoms with E-state index in [1.807, 2.05) is 58.8 Å². The van der Waals surface area contributed by atoms with Gasteiger partial charge < -0.3 is 52.6 Å². The lowest BCUT2D eigenvalue weighted by Gasteiger charge is -2.50. The molecule has 2 fully saturated rings. The van der Waals surface area contributed by atoms with Crippen LogP contribution in [0.1, 0.15) is 109 Å². The lowest BCUT2D eigenvalue weighted by atomic mass is 9.76. The largest absolute Gasteiger partial charge is 0.459 e. The maximum atomic E-state index is 14.5. The van der Waals surface area contributed by atoms with Crippen LogP contribution in [0.2, 0.25) is 0 Å². The van der Waals surface area contributed by atoms with Gasteiger partial charge in [-0.25, -0.2) is 9.59 Å². The number of ketones is 1. The van der Waals surface area contributed by atoms with Crippen molar-refractivity contribution in [2.45, 2.75) is 167 Å². The number of allylic oxidation sites excluding steroid dienone is 1. The number of Topliss-reactive ketones (excluding diaryl/α,β-unsaturated/α-hetero) is 1. The van der Waals surface area contributed by atoms with Gasteiger partial charge >= 0.3 is 17.9 Å². The summed E-state index contributed by atoms with van der Waals surface area (Å²) < 4.78 is 58.2. The standard InChI is InChI=1S/C51H73NO14/c1-14-39-38(53)25-29(2)41(54)30(3)27-50(8,58-12)44(66-49-43(37(52(10)11)26-31(4)60-49)64-47(56)35-21-17-15-18-22-35)32(5)42(33(6)46(55)62-39)63-40-28-51(9,59-13)45(34(7)61-40)65-48(57)36-23-19-16-20-24-36/h15-25,30-34,37-40,42-45,49,53H,14,26-28H2,1-13H3/b29-25+/t30-,31-,32+,33-,34+,37+,38+,39-,40?,42+,43-,44-,45+,49?,50+,51-/m1/s1. The Morgan fingerprint density at radius 3 is 1.89 bits per heavy atom. The zero-order valence-electron chi connectivity index (χ0n) is 41.0. The Bertz CT molecular complexity index is 1960. The average Bonchev–Trinajstić information content (AvgIpc) is 3.29. The smallest absolute Gasteiger partial charge is 0.338 e. The van der Waals surface area contributed by atoms with Gasteiger partial charge in [-0.1, -0.05) is 57.2 Å². The van der Waals surface area contributed by atoms with Crippen molar-refractivity contribution in [3.63, 3.8) is 0 Å². The summed E-state index contributed by atoms with van der Waals surface area (Å²) in [6.07, 6.45) is -6.95. The number of methoxy groups -OCH3 is 2. The molecule has 0 amide bonds. The summed E-state index contributed by atoms with van der Waals surface area (Å²) in [4.78, 5) is 57.7. The van der Waals surface area contributed by atoms with E-state index in [1.54, 1.807) is 83.1 Å². The van der Waals surface area contributed by atoms with E-state index in [9.17, 15) is 24.3 Å². The number of hydrogen-bond acceptors (Lipinski definition) is 15. The van der Waals surface area contributed by atoms with Crippen LogP contribution < -0.4 is 0 Å². The van der Waals surface area contributed by atoms with Crippen molar-refractivity contribution in [2.24, 2.45) is 17.8 Å². The van der Waals surface area contributed by atoms with Crippen LogP contribution >= 0.6 is 0 Å². The summed E-state index contributed by atoms with van der Waals surface area (Å²) in [5.41, 5.74) is -1.37. The number of carbonyl (C=O) groups is 4. The van der Waals surface area contributed by atoms with Gasteiger partial charge in [-0.05, 0) is 111 Å². The van der Waals surface area contributed by atoms with Crippen molar-refractivity contribution in [3.8, 4) is 0 Å². The van der Waals surface area contributed by atoms with Crippen molar-refractivity contribution >= 4 is 23.7 Å². The number of esters is 3. The van der Waals surface area contributed by atoms with E-state index >= 15 is 0 Å². The predicted octanol–water partition coefficient (Wildman–Crippen LogP) is 6.73. The summed E-state index contributed by atoms with van der Waals surface area (Å²) in [5.74, 6) is -4.45. The molecule has 366 valence electrons. The van der Waals surface area contributed by atoms with E-state index in [-0.39, 0.29) is 37.2 Å². The highest BCUT2D eigenvalue weighted by atomic mass is 16.7. The van der Waals surface area contributed by atoms with Crippen LogP contribution in [0.3, 0.4) is 0 Å². The monoisotopic (exact) mass is 924 g/mol. The normalized spacial score (nSPS) is 38.1. The molecule has 0 aromatic heterocycles. The van der Waals surface area contributed by atoms with Crippen LogP contribution in [0.25, 0.3) is 0 Å². The summed E-state index contributed by atoms with van der Waals surface area (Å²) in [7, 11) is 6.86. The van der Waals surface area contributed by atoms with Gasteiger partial charge in [0.05, 0.1) is 53.1 Å². The van der Waals surface area contributed by atoms with Gasteiger partial charge in [0.25, 0.3) is 0 Å². The van der Waals surface area contributed by atoms with Gasteiger partial charge in [-0.15, -0.1) is 0 Å². The molecule has 0 bridgehead atoms. The molecule has 5 rings (SSSR count). The number of likely N-dealkylation sites (N-methyl/N-ethyl adjacent to an activating group) is 1. The second-order valence-electron chi connectivity index (χ2n) is 19.0. The quantitative estimate of drug-likeness (QED) is 0.175. The number of aliphatic hydroxyl groups excluding tert-OH is 1. The number of hydrogen-bond donors (Lipinski definition) is 1. The fourth-order valence-corrected chi connectivity index (χ4v) is 9.74. The zero-order chi connectivity index (χ0) is 48.7. The van der Waals surface area contributed by atoms with Crippen molar-refractivity contribution in [2.75, 3.05) is 28.3 Å². The maximum Gasteiger partial charge on any atom is 0.338 e. The Kier molecular flexibility index (Phi) is 18.3. The molecule has 3 heterocycles. The highest BCUT2D eigenvalue weighted by molar-refractivity contribution is 5.96. The maximum absolute atomic E-state index is 14.5. The summed E-state index contributed by atoms with van der Waals surface area (Å²) in [5, 5.41) is 11.3. The third kappa shape index (κ3) is 12.3. The van der Waals surface area contributed by atoms with E-state index < -0.39 is 102 Å². The molecule has 2 aromatic carbocycles. The Morgan fingerprint density at radius 1 is 0.788 bits per heavy atom. The average molecular weight is 924 g/mol. The van der Waals surface area contributed by atoms with E-state index in [0.29, 0.717) is 23.1 Å². The molecule has 66 heavy (non-hydrogen) atoms. The number of carbonyl (C=O) groups excluding carboxylic acids is 4. The number of nitrogens with zero attached hydrogens (tertiary/aromatic N) is 1. The fourth-order valence-electron chi connectivity index (χ4n) is 9.74. The van der Waals surface area contributed by atoms with Gasteiger partial charge in [-0.3, -0.25) is 9.59 Å². The van der Waals surface area contributed by atoms with Gasteiger partial charge in [0.1, 0.15) is 17.8 Å². The minimum absolute atomic E-state index is 0.0792. The molecule has 2 aromatic rings. The topological polar surface area (TPSA) is 175 Å². The first-order valence-corrected chi connectivity index (χ1v) is 23.2. The molecule has 3 aliphatic heterocycles. The minimum atomic E-state index is -1.29. The van der Waals surface area contributed by atoms with Gasteiger partial charge in [0.2, 0.25) is 0 Å². The van der Waals surface area contributed by atoms with Gasteiger partial charge in [0, 0.05) is 32.5 Å². The minimum Gasteiger partial charge on any atom is -0.459 e. The van der Waals surface area contributed by atoms with E-state index in [0.717, 1.165) is 0 Å². The van der Waals surface area contributed by atoms with Crippen LogP contribution in [0.15, 0.2) is 72.3 Å². The van der Waals surface area contributed by atoms with Crippen molar-refractivity contribution in [3.05, 3.63) is 83.4 Å². The Labute approximate surface area is 390 Å². The van der Waals surface area contributed by atoms with Crippen LogP contribution in [-0.4, -0.2) is 141 Å². The SMILES string of the molecule is CC[C@H]1OC(=O)[C@H](C)[C@@H](OC2C[C@@](C)(OC)[C@@H](OC(=O)c3ccccc3)[C@H](C)O2)[C@H](C)[C@@H](OC2O[C@H](C)C[C@H](N(C)C)[C@H]2OC(=O)c2ccccc2)[C@@](C)(OC)C[C@@H](C)C(=O)/C(C)=C/[C@@H]1O. The highest BCUT2D eigenvalue weighted by Crippen LogP contribution is 2.42. The molecule has 0 saturated carbocycles. The molecule has 2 unspecified atom stereocenters. The lowest BCUT2D eigenvalue weighted by Crippen LogP contribution is -2.61. The third-order valence-corrected chi connectivity index (χ3v) is 13.7. The second-order valence-corrected chi connectivity index (χ2v) is 19.0. The number of rotatable bonds is 12. The predicted molar refractivity (Wildman–Crippen MR) is 244 cm³/mol. The molecule has 1 N–H and O–H groups in total. The first-order chi connectivity index (χ1) is 31.2. The Morgan fingerprint density at radius 2 is 1.35 bits per heavy atom. The van der Waals surface area contributed by atoms with Crippen molar-refractivity contribution in [1.29, 1.82) is 0 Å². The molecule has 16 atom stereocenters. The van der Waals surface area contributed by atoms with E-state index in [4.69, 9.17) is 42.6 Å². The molecule has 15 heteroatoms. The third-order valence-electron chi connectivity index (χ3n) is 13.7. The lowest BCUT2D eigenvalue weighted by molar-refractivity contribution is -0.318. The molecule has 2 saturated heterocycles. The molecular weight excluding hydrogens is 851 g/mol. The van der Waals surface area contributed by atoms with Gasteiger partial charge in [0.15, 0.2) is 30.6 Å². The summed E-state index contributed by atoms with van der Waals surface area (Å²) in [6, 6.07) is 17.0. The van der Waals surface area contributed by atoms with Crippen molar-refractivity contribution < 1.29 is 66.9 Å². The number of benzene rings is 2. The van der Waals surface area contributed by atoms with Crippen LogP contribution in [0, 0.1) is 17.8 Å². The Balaban J connectivity index is 1.60. The Hall–Kier alpha value is -4.06. The molecule has 3 aliphatic rings. The van der Waals surface area contributed by atoms with E-state index in [2.05, 4.69) is 0 Å². The first-order valence-electron chi connectivity index (χ1n) is 23.2. The molecule has 0 aliphatic carbocycles.